The molecule has 158 valence electrons. The second-order valence-corrected chi connectivity index (χ2v) is 7.35. The first-order valence-electron chi connectivity index (χ1n) is 10.0. The van der Waals surface area contributed by atoms with Crippen LogP contribution in [0.25, 0.3) is 0 Å². The Morgan fingerprint density at radius 2 is 1.76 bits per heavy atom. The lowest BCUT2D eigenvalue weighted by atomic mass is 10.1. The minimum absolute atomic E-state index is 0.0727. The van der Waals surface area contributed by atoms with Crippen LogP contribution in [0.3, 0.4) is 0 Å². The van der Waals surface area contributed by atoms with E-state index in [-0.39, 0.29) is 37.3 Å². The van der Waals surface area contributed by atoms with E-state index in [9.17, 15) is 14.4 Å². The van der Waals surface area contributed by atoms with Gasteiger partial charge in [-0.2, -0.15) is 0 Å². The summed E-state index contributed by atoms with van der Waals surface area (Å²) in [4.78, 5) is 43.4. The molecule has 2 heterocycles. The highest BCUT2D eigenvalue weighted by Crippen LogP contribution is 2.13. The van der Waals surface area contributed by atoms with Crippen LogP contribution in [0.4, 0.5) is 5.69 Å². The zero-order chi connectivity index (χ0) is 20.6. The number of piperazine rings is 2. The van der Waals surface area contributed by atoms with E-state index in [1.807, 2.05) is 18.2 Å². The molecule has 1 unspecified atom stereocenters. The Balaban J connectivity index is 1.55. The van der Waals surface area contributed by atoms with Gasteiger partial charge in [-0.3, -0.25) is 24.2 Å². The third-order valence-electron chi connectivity index (χ3n) is 5.33. The standard InChI is InChI=1S/C20H29N5O4/c26-13-12-23-8-10-24(11-9-23)15-19(28)25-7-6-21-20(29)17(25)14-18(27)22-16-4-2-1-3-5-16/h1-5,17,26H,6-15H2,(H,21,29)(H,22,27). The van der Waals surface area contributed by atoms with Gasteiger partial charge in [-0.05, 0) is 12.1 Å². The first kappa shape index (κ1) is 21.2. The molecule has 9 nitrogen and oxygen atoms in total. The maximum atomic E-state index is 12.9. The van der Waals surface area contributed by atoms with E-state index in [0.29, 0.717) is 25.3 Å². The number of aliphatic hydroxyl groups excluding tert-OH is 1. The molecule has 3 N–H and O–H groups in total. The molecule has 2 fully saturated rings. The SMILES string of the molecule is O=C(CC1C(=O)NCCN1C(=O)CN1CCN(CCO)CC1)Nc1ccccc1. The quantitative estimate of drug-likeness (QED) is 0.537. The van der Waals surface area contributed by atoms with Crippen molar-refractivity contribution < 1.29 is 19.5 Å². The summed E-state index contributed by atoms with van der Waals surface area (Å²) in [6.07, 6.45) is -0.0727. The molecule has 0 saturated carbocycles. The van der Waals surface area contributed by atoms with E-state index in [4.69, 9.17) is 5.11 Å². The summed E-state index contributed by atoms with van der Waals surface area (Å²) >= 11 is 0. The second-order valence-electron chi connectivity index (χ2n) is 7.35. The Bertz CT molecular complexity index is 706. The Morgan fingerprint density at radius 3 is 2.45 bits per heavy atom. The van der Waals surface area contributed by atoms with E-state index in [2.05, 4.69) is 20.4 Å². The van der Waals surface area contributed by atoms with Crippen LogP contribution in [0.2, 0.25) is 0 Å². The fourth-order valence-electron chi connectivity index (χ4n) is 3.72. The molecule has 3 amide bonds. The lowest BCUT2D eigenvalue weighted by Crippen LogP contribution is -2.60. The van der Waals surface area contributed by atoms with Gasteiger partial charge in [0.2, 0.25) is 17.7 Å². The third kappa shape index (κ3) is 5.99. The number of nitrogens with zero attached hydrogens (tertiary/aromatic N) is 3. The zero-order valence-electron chi connectivity index (χ0n) is 16.5. The zero-order valence-corrected chi connectivity index (χ0v) is 16.5. The maximum absolute atomic E-state index is 12.9. The highest BCUT2D eigenvalue weighted by molar-refractivity contribution is 5.97. The van der Waals surface area contributed by atoms with Crippen molar-refractivity contribution in [1.29, 1.82) is 0 Å². The minimum Gasteiger partial charge on any atom is -0.395 e. The van der Waals surface area contributed by atoms with Crippen molar-refractivity contribution in [3.05, 3.63) is 30.3 Å². The summed E-state index contributed by atoms with van der Waals surface area (Å²) in [5.74, 6) is -0.720. The van der Waals surface area contributed by atoms with Crippen molar-refractivity contribution in [1.82, 2.24) is 20.0 Å². The second kappa shape index (κ2) is 10.3. The van der Waals surface area contributed by atoms with Crippen LogP contribution in [0.1, 0.15) is 6.42 Å². The van der Waals surface area contributed by atoms with Crippen LogP contribution in [0.15, 0.2) is 30.3 Å². The van der Waals surface area contributed by atoms with Gasteiger partial charge in [-0.1, -0.05) is 18.2 Å². The summed E-state index contributed by atoms with van der Waals surface area (Å²) in [5, 5.41) is 14.6. The Labute approximate surface area is 170 Å². The number of benzene rings is 1. The molecule has 2 aliphatic heterocycles. The Morgan fingerprint density at radius 1 is 1.07 bits per heavy atom. The normalized spacial score (nSPS) is 20.9. The van der Waals surface area contributed by atoms with Gasteiger partial charge in [-0.15, -0.1) is 0 Å². The van der Waals surface area contributed by atoms with Gasteiger partial charge in [0.05, 0.1) is 19.6 Å². The van der Waals surface area contributed by atoms with Crippen LogP contribution in [-0.2, 0) is 14.4 Å². The minimum atomic E-state index is -0.796. The molecule has 3 rings (SSSR count). The van der Waals surface area contributed by atoms with E-state index < -0.39 is 6.04 Å². The maximum Gasteiger partial charge on any atom is 0.243 e. The number of amides is 3. The van der Waals surface area contributed by atoms with Gasteiger partial charge in [0.1, 0.15) is 6.04 Å². The van der Waals surface area contributed by atoms with Gasteiger partial charge in [0.25, 0.3) is 0 Å². The summed E-state index contributed by atoms with van der Waals surface area (Å²) in [6.45, 7) is 4.90. The number of β-amino-alcohol motifs (C(OH)–C–C–N with tert-alkyl or cyclic N) is 1. The molecule has 0 radical (unpaired) electrons. The predicted octanol–water partition coefficient (Wildman–Crippen LogP) is -1.05. The molecule has 1 aromatic rings. The highest BCUT2D eigenvalue weighted by atomic mass is 16.3. The van der Waals surface area contributed by atoms with Gasteiger partial charge in [-0.25, -0.2) is 0 Å². The van der Waals surface area contributed by atoms with Crippen LogP contribution >= 0.6 is 0 Å². The smallest absolute Gasteiger partial charge is 0.243 e. The Hall–Kier alpha value is -2.49. The van der Waals surface area contributed by atoms with Gasteiger partial charge < -0.3 is 20.6 Å². The highest BCUT2D eigenvalue weighted by Gasteiger charge is 2.35. The number of hydrogen-bond donors (Lipinski definition) is 3. The molecule has 2 aliphatic rings. The molecular formula is C20H29N5O4. The van der Waals surface area contributed by atoms with Crippen LogP contribution in [0.5, 0.6) is 0 Å². The molecule has 1 aromatic carbocycles. The number of carbonyl (C=O) groups excluding carboxylic acids is 3. The summed E-state index contributed by atoms with van der Waals surface area (Å²) in [7, 11) is 0. The van der Waals surface area contributed by atoms with Gasteiger partial charge in [0.15, 0.2) is 0 Å². The number of rotatable bonds is 7. The van der Waals surface area contributed by atoms with Crippen molar-refractivity contribution in [2.45, 2.75) is 12.5 Å². The number of hydrogen-bond acceptors (Lipinski definition) is 6. The fraction of sp³-hybridized carbons (Fsp3) is 0.550. The average molecular weight is 403 g/mol. The van der Waals surface area contributed by atoms with E-state index in [1.165, 1.54) is 4.90 Å². The van der Waals surface area contributed by atoms with E-state index >= 15 is 0 Å². The van der Waals surface area contributed by atoms with Crippen molar-refractivity contribution in [3.8, 4) is 0 Å². The summed E-state index contributed by atoms with van der Waals surface area (Å²) < 4.78 is 0. The number of aliphatic hydroxyl groups is 1. The predicted molar refractivity (Wildman–Crippen MR) is 108 cm³/mol. The van der Waals surface area contributed by atoms with Crippen molar-refractivity contribution in [2.24, 2.45) is 0 Å². The van der Waals surface area contributed by atoms with Crippen molar-refractivity contribution in [3.63, 3.8) is 0 Å². The first-order valence-corrected chi connectivity index (χ1v) is 10.0. The monoisotopic (exact) mass is 403 g/mol. The lowest BCUT2D eigenvalue weighted by Gasteiger charge is -2.38. The lowest BCUT2D eigenvalue weighted by molar-refractivity contribution is -0.145. The Kier molecular flexibility index (Phi) is 7.56. The molecule has 9 heteroatoms. The molecule has 0 aliphatic carbocycles. The van der Waals surface area contributed by atoms with Crippen LogP contribution < -0.4 is 10.6 Å². The molecule has 1 atom stereocenters. The van der Waals surface area contributed by atoms with Gasteiger partial charge in [0, 0.05) is 51.5 Å². The third-order valence-corrected chi connectivity index (χ3v) is 5.33. The molecule has 0 spiro atoms. The van der Waals surface area contributed by atoms with E-state index in [1.54, 1.807) is 12.1 Å². The number of para-hydroxylation sites is 1. The molecule has 0 bridgehead atoms. The number of nitrogens with one attached hydrogen (secondary N) is 2. The molecular weight excluding hydrogens is 374 g/mol. The number of anilines is 1. The molecule has 29 heavy (non-hydrogen) atoms. The molecule has 0 aromatic heterocycles. The average Bonchev–Trinajstić information content (AvgIpc) is 2.72. The fourth-order valence-corrected chi connectivity index (χ4v) is 3.72. The largest absolute Gasteiger partial charge is 0.395 e. The summed E-state index contributed by atoms with van der Waals surface area (Å²) in [6, 6.07) is 8.25. The van der Waals surface area contributed by atoms with Crippen LogP contribution in [0, 0.1) is 0 Å². The molecule has 2 saturated heterocycles. The van der Waals surface area contributed by atoms with Crippen molar-refractivity contribution in [2.75, 3.05) is 64.3 Å². The topological polar surface area (TPSA) is 105 Å². The van der Waals surface area contributed by atoms with E-state index in [0.717, 1.165) is 26.2 Å². The summed E-state index contributed by atoms with van der Waals surface area (Å²) in [5.41, 5.74) is 0.660. The van der Waals surface area contributed by atoms with Crippen molar-refractivity contribution >= 4 is 23.4 Å². The van der Waals surface area contributed by atoms with Crippen LogP contribution in [-0.4, -0.2) is 103 Å². The number of carbonyl (C=O) groups is 3. The first-order chi connectivity index (χ1) is 14.1. The van der Waals surface area contributed by atoms with Gasteiger partial charge >= 0.3 is 0 Å².